The maximum absolute atomic E-state index is 12.8. The smallest absolute Gasteiger partial charge is 0.269 e. The number of rotatable bonds is 3. The molecular formula is C18H16FN3O2S. The van der Waals surface area contributed by atoms with Gasteiger partial charge in [0.25, 0.3) is 5.91 Å². The van der Waals surface area contributed by atoms with Gasteiger partial charge >= 0.3 is 0 Å². The molecule has 25 heavy (non-hydrogen) atoms. The van der Waals surface area contributed by atoms with Gasteiger partial charge in [0.2, 0.25) is 5.91 Å². The first kappa shape index (κ1) is 18.3. The quantitative estimate of drug-likeness (QED) is 0.448. The average molecular weight is 357 g/mol. The number of hydrazine groups is 1. The predicted octanol–water partition coefficient (Wildman–Crippen LogP) is 2.48. The van der Waals surface area contributed by atoms with Crippen LogP contribution in [0.15, 0.2) is 54.6 Å². The van der Waals surface area contributed by atoms with E-state index < -0.39 is 5.91 Å². The van der Waals surface area contributed by atoms with Crippen LogP contribution in [0.3, 0.4) is 0 Å². The van der Waals surface area contributed by atoms with E-state index >= 15 is 0 Å². The first-order valence-corrected chi connectivity index (χ1v) is 7.77. The van der Waals surface area contributed by atoms with Gasteiger partial charge in [-0.2, -0.15) is 0 Å². The van der Waals surface area contributed by atoms with Crippen LogP contribution < -0.4 is 16.2 Å². The Morgan fingerprint density at radius 2 is 1.72 bits per heavy atom. The Labute approximate surface area is 149 Å². The summed E-state index contributed by atoms with van der Waals surface area (Å²) in [5.74, 6) is -1.19. The minimum atomic E-state index is -0.480. The molecule has 0 fully saturated rings. The Bertz CT molecular complexity index is 819. The molecular weight excluding hydrogens is 341 g/mol. The number of benzene rings is 2. The van der Waals surface area contributed by atoms with Crippen molar-refractivity contribution in [3.63, 3.8) is 0 Å². The zero-order valence-corrected chi connectivity index (χ0v) is 14.2. The van der Waals surface area contributed by atoms with E-state index in [1.54, 1.807) is 12.1 Å². The molecule has 2 amide bonds. The zero-order chi connectivity index (χ0) is 18.2. The molecule has 0 unspecified atom stereocenters. The number of carbonyl (C=O) groups excluding carboxylic acids is 2. The third-order valence-corrected chi connectivity index (χ3v) is 3.42. The number of halogens is 1. The second kappa shape index (κ2) is 8.70. The number of hydrogen-bond donors (Lipinski definition) is 3. The Balaban J connectivity index is 1.81. The fourth-order valence-electron chi connectivity index (χ4n) is 1.94. The van der Waals surface area contributed by atoms with Crippen molar-refractivity contribution in [1.82, 2.24) is 16.2 Å². The van der Waals surface area contributed by atoms with E-state index in [0.717, 1.165) is 5.56 Å². The molecule has 0 radical (unpaired) electrons. The van der Waals surface area contributed by atoms with Crippen LogP contribution >= 0.6 is 12.2 Å². The van der Waals surface area contributed by atoms with E-state index in [-0.39, 0.29) is 16.8 Å². The summed E-state index contributed by atoms with van der Waals surface area (Å²) in [6.07, 6.45) is 2.77. The van der Waals surface area contributed by atoms with E-state index in [1.165, 1.54) is 36.4 Å². The maximum Gasteiger partial charge on any atom is 0.269 e. The molecule has 0 bridgehead atoms. The molecule has 2 aromatic rings. The van der Waals surface area contributed by atoms with E-state index in [4.69, 9.17) is 12.2 Å². The normalized spacial score (nSPS) is 10.3. The summed E-state index contributed by atoms with van der Waals surface area (Å²) in [6.45, 7) is 1.81. The van der Waals surface area contributed by atoms with Crippen LogP contribution in [0.1, 0.15) is 21.5 Å². The third-order valence-electron chi connectivity index (χ3n) is 3.21. The largest absolute Gasteiger partial charge is 0.298 e. The minimum Gasteiger partial charge on any atom is -0.298 e. The number of nitrogens with one attached hydrogen (secondary N) is 3. The number of carbonyl (C=O) groups is 2. The van der Waals surface area contributed by atoms with Gasteiger partial charge in [0.15, 0.2) is 5.11 Å². The Morgan fingerprint density at radius 3 is 2.40 bits per heavy atom. The van der Waals surface area contributed by atoms with Gasteiger partial charge in [0.1, 0.15) is 5.82 Å². The molecule has 0 aliphatic heterocycles. The zero-order valence-electron chi connectivity index (χ0n) is 13.4. The van der Waals surface area contributed by atoms with Crippen molar-refractivity contribution < 1.29 is 14.0 Å². The van der Waals surface area contributed by atoms with Gasteiger partial charge < -0.3 is 0 Å². The third kappa shape index (κ3) is 5.82. The van der Waals surface area contributed by atoms with Crippen LogP contribution in [0.5, 0.6) is 0 Å². The first-order chi connectivity index (χ1) is 12.0. The molecule has 0 saturated heterocycles. The number of hydrogen-bond acceptors (Lipinski definition) is 3. The number of thiocarbonyl (C=S) groups is 1. The molecule has 5 nitrogen and oxygen atoms in total. The summed E-state index contributed by atoms with van der Waals surface area (Å²) in [5.41, 5.74) is 6.86. The van der Waals surface area contributed by atoms with Crippen molar-refractivity contribution in [2.24, 2.45) is 0 Å². The van der Waals surface area contributed by atoms with Gasteiger partial charge in [-0.25, -0.2) is 4.39 Å². The summed E-state index contributed by atoms with van der Waals surface area (Å²) < 4.78 is 12.8. The summed E-state index contributed by atoms with van der Waals surface area (Å²) in [7, 11) is 0. The minimum absolute atomic E-state index is 0.0457. The summed E-state index contributed by atoms with van der Waals surface area (Å²) in [6, 6.07) is 12.8. The van der Waals surface area contributed by atoms with Crippen molar-refractivity contribution >= 4 is 35.2 Å². The molecule has 0 atom stereocenters. The molecule has 0 heterocycles. The fraction of sp³-hybridized carbons (Fsp3) is 0.0556. The van der Waals surface area contributed by atoms with E-state index in [9.17, 15) is 14.0 Å². The number of amides is 2. The van der Waals surface area contributed by atoms with Crippen LogP contribution in [-0.2, 0) is 4.79 Å². The summed E-state index contributed by atoms with van der Waals surface area (Å²) in [4.78, 5) is 23.8. The number of aryl methyl sites for hydroxylation is 1. The van der Waals surface area contributed by atoms with E-state index in [2.05, 4.69) is 16.2 Å². The van der Waals surface area contributed by atoms with Crippen molar-refractivity contribution in [2.75, 3.05) is 0 Å². The van der Waals surface area contributed by atoms with Crippen LogP contribution in [0.4, 0.5) is 4.39 Å². The first-order valence-electron chi connectivity index (χ1n) is 7.36. The highest BCUT2D eigenvalue weighted by molar-refractivity contribution is 7.80. The van der Waals surface area contributed by atoms with Crippen LogP contribution in [0.25, 0.3) is 6.08 Å². The molecule has 0 aliphatic rings. The van der Waals surface area contributed by atoms with Gasteiger partial charge in [-0.1, -0.05) is 30.3 Å². The van der Waals surface area contributed by atoms with Crippen molar-refractivity contribution in [3.05, 3.63) is 77.1 Å². The average Bonchev–Trinajstić information content (AvgIpc) is 2.59. The van der Waals surface area contributed by atoms with Gasteiger partial charge in [-0.3, -0.25) is 25.8 Å². The molecule has 128 valence electrons. The lowest BCUT2D eigenvalue weighted by molar-refractivity contribution is -0.115. The topological polar surface area (TPSA) is 70.2 Å². The van der Waals surface area contributed by atoms with Gasteiger partial charge in [0.05, 0.1) is 0 Å². The maximum atomic E-state index is 12.8. The van der Waals surface area contributed by atoms with Crippen LogP contribution in [-0.4, -0.2) is 16.9 Å². The molecule has 0 spiro atoms. The molecule has 0 aromatic heterocycles. The molecule has 0 saturated carbocycles. The van der Waals surface area contributed by atoms with Gasteiger partial charge in [-0.05, 0) is 54.5 Å². The SMILES string of the molecule is Cc1ccccc1C(=O)NNC(=S)NC(=O)C=Cc1ccc(F)cc1. The lowest BCUT2D eigenvalue weighted by Gasteiger charge is -2.10. The molecule has 0 aliphatic carbocycles. The lowest BCUT2D eigenvalue weighted by Crippen LogP contribution is -2.48. The standard InChI is InChI=1S/C18H16FN3O2S/c1-12-4-2-3-5-15(12)17(24)21-22-18(25)20-16(23)11-8-13-6-9-14(19)10-7-13/h2-11H,1H3,(H,21,24)(H2,20,22,23,25). The second-order valence-corrected chi connectivity index (χ2v) is 5.51. The van der Waals surface area contributed by atoms with Crippen LogP contribution in [0.2, 0.25) is 0 Å². The molecule has 2 aromatic carbocycles. The highest BCUT2D eigenvalue weighted by Gasteiger charge is 2.08. The predicted molar refractivity (Wildman–Crippen MR) is 98.0 cm³/mol. The van der Waals surface area contributed by atoms with Crippen molar-refractivity contribution in [2.45, 2.75) is 6.92 Å². The van der Waals surface area contributed by atoms with Crippen molar-refractivity contribution in [1.29, 1.82) is 0 Å². The molecule has 2 rings (SSSR count). The highest BCUT2D eigenvalue weighted by Crippen LogP contribution is 2.06. The Morgan fingerprint density at radius 1 is 1.04 bits per heavy atom. The fourth-order valence-corrected chi connectivity index (χ4v) is 2.09. The summed E-state index contributed by atoms with van der Waals surface area (Å²) in [5, 5.41) is 2.34. The van der Waals surface area contributed by atoms with E-state index in [0.29, 0.717) is 11.1 Å². The monoisotopic (exact) mass is 357 g/mol. The van der Waals surface area contributed by atoms with Crippen LogP contribution in [0, 0.1) is 12.7 Å². The van der Waals surface area contributed by atoms with E-state index in [1.807, 2.05) is 19.1 Å². The highest BCUT2D eigenvalue weighted by atomic mass is 32.1. The molecule has 3 N–H and O–H groups in total. The van der Waals surface area contributed by atoms with Gasteiger partial charge in [0, 0.05) is 11.6 Å². The lowest BCUT2D eigenvalue weighted by atomic mass is 10.1. The van der Waals surface area contributed by atoms with Gasteiger partial charge in [-0.15, -0.1) is 0 Å². The van der Waals surface area contributed by atoms with Crippen molar-refractivity contribution in [3.8, 4) is 0 Å². The Kier molecular flexibility index (Phi) is 6.36. The summed E-state index contributed by atoms with van der Waals surface area (Å²) >= 11 is 4.94. The second-order valence-electron chi connectivity index (χ2n) is 5.10. The molecule has 7 heteroatoms. The Hall–Kier alpha value is -3.06.